The van der Waals surface area contributed by atoms with Crippen LogP contribution in [0.1, 0.15) is 35.6 Å². The van der Waals surface area contributed by atoms with Gasteiger partial charge in [0, 0.05) is 12.4 Å². The highest BCUT2D eigenvalue weighted by Gasteiger charge is 2.18. The van der Waals surface area contributed by atoms with Gasteiger partial charge in [-0.1, -0.05) is 13.0 Å². The molecule has 1 heterocycles. The molecular weight excluding hydrogens is 244 g/mol. The molecule has 6 heteroatoms. The number of para-hydroxylation sites is 1. The molecule has 0 aliphatic rings. The number of carbonyl (C=O) groups is 1. The number of hydrogen-bond acceptors (Lipinski definition) is 4. The van der Waals surface area contributed by atoms with Crippen LogP contribution in [0.4, 0.5) is 5.69 Å². The first-order valence-electron chi connectivity index (χ1n) is 6.01. The van der Waals surface area contributed by atoms with Crippen LogP contribution in [-0.2, 0) is 0 Å². The Morgan fingerprint density at radius 2 is 2.37 bits per heavy atom. The number of anilines is 1. The number of aromatic nitrogens is 2. The van der Waals surface area contributed by atoms with Gasteiger partial charge in [0.1, 0.15) is 5.82 Å². The van der Waals surface area contributed by atoms with E-state index in [0.29, 0.717) is 12.2 Å². The standard InChI is InChI=1S/C13H16N4O2/c1-2-10(12-15-6-7-16-12)17-13(19)8-4-3-5-9(14)11(8)18/h3-7,10,18H,2,14H2,1H3,(H,15,16)(H,17,19). The number of nitrogen functional groups attached to an aromatic ring is 1. The molecule has 1 aromatic carbocycles. The molecule has 2 rings (SSSR count). The number of carbonyl (C=O) groups excluding carboxylic acids is 1. The minimum atomic E-state index is -0.381. The van der Waals surface area contributed by atoms with E-state index in [2.05, 4.69) is 15.3 Å². The maximum atomic E-state index is 12.1. The highest BCUT2D eigenvalue weighted by molar-refractivity contribution is 5.98. The van der Waals surface area contributed by atoms with E-state index >= 15 is 0 Å². The lowest BCUT2D eigenvalue weighted by atomic mass is 10.1. The van der Waals surface area contributed by atoms with Crippen LogP contribution < -0.4 is 11.1 Å². The molecular formula is C13H16N4O2. The maximum Gasteiger partial charge on any atom is 0.255 e. The maximum absolute atomic E-state index is 12.1. The third-order valence-electron chi connectivity index (χ3n) is 2.87. The lowest BCUT2D eigenvalue weighted by Gasteiger charge is -2.15. The SMILES string of the molecule is CCC(NC(=O)c1cccc(N)c1O)c1ncc[nH]1. The molecule has 0 aliphatic carbocycles. The number of nitrogens with one attached hydrogen (secondary N) is 2. The summed E-state index contributed by atoms with van der Waals surface area (Å²) >= 11 is 0. The summed E-state index contributed by atoms with van der Waals surface area (Å²) in [5, 5.41) is 12.6. The molecule has 1 aromatic heterocycles. The summed E-state index contributed by atoms with van der Waals surface area (Å²) in [6, 6.07) is 4.45. The van der Waals surface area contributed by atoms with Gasteiger partial charge in [-0.15, -0.1) is 0 Å². The number of aromatic hydroxyl groups is 1. The third kappa shape index (κ3) is 2.67. The molecule has 0 aliphatic heterocycles. The Hall–Kier alpha value is -2.50. The van der Waals surface area contributed by atoms with Crippen molar-refractivity contribution in [3.63, 3.8) is 0 Å². The zero-order chi connectivity index (χ0) is 13.8. The molecule has 0 spiro atoms. The Bertz CT molecular complexity index is 566. The van der Waals surface area contributed by atoms with E-state index in [1.54, 1.807) is 18.5 Å². The minimum Gasteiger partial charge on any atom is -0.505 e. The van der Waals surface area contributed by atoms with Gasteiger partial charge in [-0.3, -0.25) is 4.79 Å². The largest absolute Gasteiger partial charge is 0.505 e. The average molecular weight is 260 g/mol. The topological polar surface area (TPSA) is 104 Å². The highest BCUT2D eigenvalue weighted by atomic mass is 16.3. The molecule has 0 fully saturated rings. The Labute approximate surface area is 110 Å². The zero-order valence-electron chi connectivity index (χ0n) is 10.6. The number of nitrogens with two attached hydrogens (primary N) is 1. The van der Waals surface area contributed by atoms with Gasteiger partial charge in [0.15, 0.2) is 5.75 Å². The predicted molar refractivity (Wildman–Crippen MR) is 71.6 cm³/mol. The van der Waals surface area contributed by atoms with Gasteiger partial charge in [0.25, 0.3) is 5.91 Å². The number of phenolic OH excluding ortho intramolecular Hbond substituents is 1. The van der Waals surface area contributed by atoms with Crippen LogP contribution in [-0.4, -0.2) is 21.0 Å². The second-order valence-electron chi connectivity index (χ2n) is 4.15. The quantitative estimate of drug-likeness (QED) is 0.495. The van der Waals surface area contributed by atoms with Gasteiger partial charge in [-0.2, -0.15) is 0 Å². The third-order valence-corrected chi connectivity index (χ3v) is 2.87. The molecule has 1 unspecified atom stereocenters. The normalized spacial score (nSPS) is 12.1. The van der Waals surface area contributed by atoms with Gasteiger partial charge >= 0.3 is 0 Å². The van der Waals surface area contributed by atoms with E-state index in [1.807, 2.05) is 6.92 Å². The lowest BCUT2D eigenvalue weighted by molar-refractivity contribution is 0.0931. The molecule has 0 bridgehead atoms. The van der Waals surface area contributed by atoms with Crippen LogP contribution in [0.5, 0.6) is 5.75 Å². The Balaban J connectivity index is 2.18. The average Bonchev–Trinajstić information content (AvgIpc) is 2.92. The fourth-order valence-electron chi connectivity index (χ4n) is 1.81. The molecule has 19 heavy (non-hydrogen) atoms. The van der Waals surface area contributed by atoms with Gasteiger partial charge in [-0.25, -0.2) is 4.98 Å². The predicted octanol–water partition coefficient (Wildman–Crippen LogP) is 1.58. The number of nitrogens with zero attached hydrogens (tertiary/aromatic N) is 1. The van der Waals surface area contributed by atoms with Crippen molar-refractivity contribution < 1.29 is 9.90 Å². The monoisotopic (exact) mass is 260 g/mol. The summed E-state index contributed by atoms with van der Waals surface area (Å²) in [7, 11) is 0. The summed E-state index contributed by atoms with van der Waals surface area (Å²) in [4.78, 5) is 19.2. The van der Waals surface area contributed by atoms with E-state index in [0.717, 1.165) is 0 Å². The molecule has 1 amide bonds. The number of rotatable bonds is 4. The second-order valence-corrected chi connectivity index (χ2v) is 4.15. The van der Waals surface area contributed by atoms with E-state index in [1.165, 1.54) is 12.1 Å². The second kappa shape index (κ2) is 5.43. The van der Waals surface area contributed by atoms with Crippen molar-refractivity contribution in [2.24, 2.45) is 0 Å². The van der Waals surface area contributed by atoms with Crippen LogP contribution >= 0.6 is 0 Å². The van der Waals surface area contributed by atoms with E-state index in [-0.39, 0.29) is 28.9 Å². The van der Waals surface area contributed by atoms with Crippen molar-refractivity contribution in [2.45, 2.75) is 19.4 Å². The lowest BCUT2D eigenvalue weighted by Crippen LogP contribution is -2.29. The Morgan fingerprint density at radius 1 is 1.58 bits per heavy atom. The first-order chi connectivity index (χ1) is 9.13. The van der Waals surface area contributed by atoms with Crippen LogP contribution in [0.25, 0.3) is 0 Å². The van der Waals surface area contributed by atoms with Crippen LogP contribution in [0.3, 0.4) is 0 Å². The van der Waals surface area contributed by atoms with Crippen molar-refractivity contribution in [3.05, 3.63) is 42.0 Å². The van der Waals surface area contributed by atoms with Crippen molar-refractivity contribution in [2.75, 3.05) is 5.73 Å². The van der Waals surface area contributed by atoms with Crippen molar-refractivity contribution in [3.8, 4) is 5.75 Å². The van der Waals surface area contributed by atoms with E-state index in [4.69, 9.17) is 5.73 Å². The van der Waals surface area contributed by atoms with Crippen LogP contribution in [0.15, 0.2) is 30.6 Å². The van der Waals surface area contributed by atoms with Crippen LogP contribution in [0, 0.1) is 0 Å². The number of benzene rings is 1. The van der Waals surface area contributed by atoms with Gasteiger partial charge < -0.3 is 21.1 Å². The molecule has 0 saturated heterocycles. The fraction of sp³-hybridized carbons (Fsp3) is 0.231. The highest BCUT2D eigenvalue weighted by Crippen LogP contribution is 2.25. The summed E-state index contributed by atoms with van der Waals surface area (Å²) < 4.78 is 0. The number of amides is 1. The molecule has 6 nitrogen and oxygen atoms in total. The molecule has 100 valence electrons. The number of imidazole rings is 1. The molecule has 0 saturated carbocycles. The molecule has 1 atom stereocenters. The van der Waals surface area contributed by atoms with Gasteiger partial charge in [-0.05, 0) is 18.6 Å². The summed E-state index contributed by atoms with van der Waals surface area (Å²) in [6.45, 7) is 1.94. The Morgan fingerprint density at radius 3 is 3.00 bits per heavy atom. The number of H-pyrrole nitrogens is 1. The fourth-order valence-corrected chi connectivity index (χ4v) is 1.81. The van der Waals surface area contributed by atoms with E-state index in [9.17, 15) is 9.90 Å². The first-order valence-corrected chi connectivity index (χ1v) is 6.01. The van der Waals surface area contributed by atoms with Crippen molar-refractivity contribution >= 4 is 11.6 Å². The van der Waals surface area contributed by atoms with Gasteiger partial charge in [0.05, 0.1) is 17.3 Å². The van der Waals surface area contributed by atoms with Gasteiger partial charge in [0.2, 0.25) is 0 Å². The van der Waals surface area contributed by atoms with Crippen molar-refractivity contribution in [1.82, 2.24) is 15.3 Å². The van der Waals surface area contributed by atoms with E-state index < -0.39 is 0 Å². The minimum absolute atomic E-state index is 0.157. The summed E-state index contributed by atoms with van der Waals surface area (Å²) in [5.41, 5.74) is 5.90. The summed E-state index contributed by atoms with van der Waals surface area (Å²) in [6.07, 6.45) is 4.01. The number of phenols is 1. The molecule has 2 aromatic rings. The number of aromatic amines is 1. The molecule has 5 N–H and O–H groups in total. The Kier molecular flexibility index (Phi) is 3.70. The smallest absolute Gasteiger partial charge is 0.255 e. The first kappa shape index (κ1) is 12.9. The number of hydrogen-bond donors (Lipinski definition) is 4. The zero-order valence-corrected chi connectivity index (χ0v) is 10.6. The van der Waals surface area contributed by atoms with Crippen molar-refractivity contribution in [1.29, 1.82) is 0 Å². The summed E-state index contributed by atoms with van der Waals surface area (Å²) in [5.74, 6) is 0.0987. The van der Waals surface area contributed by atoms with Crippen LogP contribution in [0.2, 0.25) is 0 Å². The molecule has 0 radical (unpaired) electrons.